The molecular weight excluding hydrogens is 126 g/mol. The first-order valence-corrected chi connectivity index (χ1v) is 4.10. The van der Waals surface area contributed by atoms with E-state index in [-0.39, 0.29) is 0 Å². The van der Waals surface area contributed by atoms with Gasteiger partial charge in [0.15, 0.2) is 0 Å². The molecule has 1 heterocycles. The van der Waals surface area contributed by atoms with Crippen molar-refractivity contribution in [3.63, 3.8) is 0 Å². The number of nitrogens with one attached hydrogen (secondary N) is 1. The third kappa shape index (κ3) is 0.870. The Labute approximate surface area is 61.0 Å². The summed E-state index contributed by atoms with van der Waals surface area (Å²) >= 11 is 0. The number of rotatable bonds is 3. The smallest absolute Gasteiger partial charge is 0.120 e. The summed E-state index contributed by atoms with van der Waals surface area (Å²) in [6, 6.07) is 0.792. The second-order valence-corrected chi connectivity index (χ2v) is 3.34. The SMILES string of the molecule is O=CCCC1C2CCNC12. The van der Waals surface area contributed by atoms with Gasteiger partial charge in [-0.3, -0.25) is 0 Å². The van der Waals surface area contributed by atoms with E-state index in [2.05, 4.69) is 5.32 Å². The number of carbonyl (C=O) groups is 1. The molecule has 1 aliphatic carbocycles. The minimum absolute atomic E-state index is 0.763. The van der Waals surface area contributed by atoms with Gasteiger partial charge < -0.3 is 10.1 Å². The number of hydrogen-bond donors (Lipinski definition) is 1. The summed E-state index contributed by atoms with van der Waals surface area (Å²) in [7, 11) is 0. The van der Waals surface area contributed by atoms with Crippen molar-refractivity contribution in [2.75, 3.05) is 6.54 Å². The van der Waals surface area contributed by atoms with Crippen molar-refractivity contribution in [3.05, 3.63) is 0 Å². The zero-order valence-electron chi connectivity index (χ0n) is 6.05. The lowest BCUT2D eigenvalue weighted by Gasteiger charge is -1.99. The summed E-state index contributed by atoms with van der Waals surface area (Å²) in [5.74, 6) is 1.78. The second kappa shape index (κ2) is 2.35. The van der Waals surface area contributed by atoms with Gasteiger partial charge in [-0.05, 0) is 31.2 Å². The van der Waals surface area contributed by atoms with Crippen molar-refractivity contribution in [1.29, 1.82) is 0 Å². The molecule has 1 aliphatic heterocycles. The molecular formula is C8H13NO. The molecule has 0 radical (unpaired) electrons. The van der Waals surface area contributed by atoms with Gasteiger partial charge in [-0.15, -0.1) is 0 Å². The zero-order chi connectivity index (χ0) is 6.97. The quantitative estimate of drug-likeness (QED) is 0.579. The van der Waals surface area contributed by atoms with Gasteiger partial charge in [-0.1, -0.05) is 0 Å². The summed E-state index contributed by atoms with van der Waals surface area (Å²) in [6.45, 7) is 1.20. The van der Waals surface area contributed by atoms with E-state index in [9.17, 15) is 4.79 Å². The van der Waals surface area contributed by atoms with Gasteiger partial charge in [0.05, 0.1) is 0 Å². The fraction of sp³-hybridized carbons (Fsp3) is 0.875. The molecule has 2 nitrogen and oxygen atoms in total. The minimum atomic E-state index is 0.763. The molecule has 1 N–H and O–H groups in total. The van der Waals surface area contributed by atoms with Crippen LogP contribution in [0.15, 0.2) is 0 Å². The Hall–Kier alpha value is -0.370. The fourth-order valence-electron chi connectivity index (χ4n) is 2.21. The van der Waals surface area contributed by atoms with Gasteiger partial charge >= 0.3 is 0 Å². The second-order valence-electron chi connectivity index (χ2n) is 3.34. The summed E-state index contributed by atoms with van der Waals surface area (Å²) in [4.78, 5) is 10.0. The molecule has 2 heteroatoms. The van der Waals surface area contributed by atoms with E-state index in [1.54, 1.807) is 0 Å². The Kier molecular flexibility index (Phi) is 1.49. The van der Waals surface area contributed by atoms with Crippen molar-refractivity contribution in [1.82, 2.24) is 5.32 Å². The third-order valence-electron chi connectivity index (χ3n) is 2.81. The van der Waals surface area contributed by atoms with Crippen molar-refractivity contribution >= 4 is 6.29 Å². The molecule has 0 bridgehead atoms. The first kappa shape index (κ1) is 6.35. The van der Waals surface area contributed by atoms with Crippen molar-refractivity contribution in [2.45, 2.75) is 25.3 Å². The predicted octanol–water partition coefficient (Wildman–Crippen LogP) is 0.573. The van der Waals surface area contributed by atoms with E-state index in [0.29, 0.717) is 0 Å². The third-order valence-corrected chi connectivity index (χ3v) is 2.81. The molecule has 0 spiro atoms. The molecule has 0 aromatic carbocycles. The van der Waals surface area contributed by atoms with Gasteiger partial charge in [-0.25, -0.2) is 0 Å². The molecule has 0 amide bonds. The number of fused-ring (bicyclic) bond motifs is 1. The molecule has 3 atom stereocenters. The Balaban J connectivity index is 1.74. The average Bonchev–Trinajstić information content (AvgIpc) is 2.46. The van der Waals surface area contributed by atoms with Crippen LogP contribution in [0, 0.1) is 11.8 Å². The fourth-order valence-corrected chi connectivity index (χ4v) is 2.21. The van der Waals surface area contributed by atoms with Gasteiger partial charge in [0.25, 0.3) is 0 Å². The topological polar surface area (TPSA) is 29.1 Å². The molecule has 56 valence electrons. The molecule has 0 aromatic heterocycles. The first-order chi connectivity index (χ1) is 4.93. The van der Waals surface area contributed by atoms with Crippen molar-refractivity contribution in [2.24, 2.45) is 11.8 Å². The largest absolute Gasteiger partial charge is 0.313 e. The van der Waals surface area contributed by atoms with Gasteiger partial charge in [0, 0.05) is 12.5 Å². The van der Waals surface area contributed by atoms with E-state index in [1.165, 1.54) is 13.0 Å². The number of hydrogen-bond acceptors (Lipinski definition) is 2. The highest BCUT2D eigenvalue weighted by atomic mass is 16.1. The maximum absolute atomic E-state index is 10.0. The maximum Gasteiger partial charge on any atom is 0.120 e. The normalized spacial score (nSPS) is 43.0. The number of carbonyl (C=O) groups excluding carboxylic acids is 1. The molecule has 2 aliphatic rings. The molecule has 1 saturated carbocycles. The number of piperidine rings is 1. The van der Waals surface area contributed by atoms with Gasteiger partial charge in [0.1, 0.15) is 6.29 Å². The van der Waals surface area contributed by atoms with E-state index < -0.39 is 0 Å². The Morgan fingerprint density at radius 1 is 1.60 bits per heavy atom. The van der Waals surface area contributed by atoms with E-state index in [4.69, 9.17) is 0 Å². The van der Waals surface area contributed by atoms with E-state index in [0.717, 1.165) is 37.0 Å². The van der Waals surface area contributed by atoms with E-state index >= 15 is 0 Å². The lowest BCUT2D eigenvalue weighted by atomic mass is 10.1. The Morgan fingerprint density at radius 3 is 3.10 bits per heavy atom. The standard InChI is InChI=1S/C8H13NO/c10-5-1-2-6-7-3-4-9-8(6)7/h5-9H,1-4H2. The van der Waals surface area contributed by atoms with Crippen molar-refractivity contribution in [3.8, 4) is 0 Å². The van der Waals surface area contributed by atoms with Gasteiger partial charge in [0.2, 0.25) is 0 Å². The first-order valence-electron chi connectivity index (χ1n) is 4.10. The minimum Gasteiger partial charge on any atom is -0.313 e. The van der Waals surface area contributed by atoms with Crippen LogP contribution in [0.2, 0.25) is 0 Å². The predicted molar refractivity (Wildman–Crippen MR) is 38.7 cm³/mol. The van der Waals surface area contributed by atoms with Crippen LogP contribution < -0.4 is 5.32 Å². The summed E-state index contributed by atoms with van der Waals surface area (Å²) in [6.07, 6.45) is 4.26. The molecule has 3 unspecified atom stereocenters. The highest BCUT2D eigenvalue weighted by Gasteiger charge is 2.51. The van der Waals surface area contributed by atoms with Crippen LogP contribution in [-0.2, 0) is 4.79 Å². The summed E-state index contributed by atoms with van der Waals surface area (Å²) < 4.78 is 0. The Morgan fingerprint density at radius 2 is 2.50 bits per heavy atom. The highest BCUT2D eigenvalue weighted by Crippen LogP contribution is 2.47. The maximum atomic E-state index is 10.0. The molecule has 1 saturated heterocycles. The monoisotopic (exact) mass is 139 g/mol. The van der Waals surface area contributed by atoms with Crippen LogP contribution in [0.5, 0.6) is 0 Å². The van der Waals surface area contributed by atoms with Crippen LogP contribution in [0.3, 0.4) is 0 Å². The van der Waals surface area contributed by atoms with Crippen molar-refractivity contribution < 1.29 is 4.79 Å². The average molecular weight is 139 g/mol. The van der Waals surface area contributed by atoms with Crippen LogP contribution >= 0.6 is 0 Å². The van der Waals surface area contributed by atoms with Gasteiger partial charge in [-0.2, -0.15) is 0 Å². The summed E-state index contributed by atoms with van der Waals surface area (Å²) in [5.41, 5.74) is 0. The summed E-state index contributed by atoms with van der Waals surface area (Å²) in [5, 5.41) is 3.44. The lowest BCUT2D eigenvalue weighted by molar-refractivity contribution is -0.108. The molecule has 0 aromatic rings. The Bertz CT molecular complexity index is 136. The number of aldehydes is 1. The highest BCUT2D eigenvalue weighted by molar-refractivity contribution is 5.49. The zero-order valence-corrected chi connectivity index (χ0v) is 6.05. The van der Waals surface area contributed by atoms with Crippen LogP contribution in [0.1, 0.15) is 19.3 Å². The lowest BCUT2D eigenvalue weighted by Crippen LogP contribution is -2.14. The molecule has 10 heavy (non-hydrogen) atoms. The van der Waals surface area contributed by atoms with Crippen LogP contribution in [0.25, 0.3) is 0 Å². The van der Waals surface area contributed by atoms with E-state index in [1.807, 2.05) is 0 Å². The molecule has 2 rings (SSSR count). The van der Waals surface area contributed by atoms with Crippen LogP contribution in [-0.4, -0.2) is 18.9 Å². The molecule has 2 fully saturated rings. The van der Waals surface area contributed by atoms with Crippen LogP contribution in [0.4, 0.5) is 0 Å².